The maximum absolute atomic E-state index is 12.0. The average molecular weight is 265 g/mol. The Balaban J connectivity index is 2.08. The molecule has 0 spiro atoms. The Morgan fingerprint density at radius 1 is 1.47 bits per heavy atom. The number of hydroxylamine groups is 1. The quantitative estimate of drug-likeness (QED) is 0.613. The molecule has 1 aromatic carbocycles. The SMILES string of the molecule is COC(=O)C1c2ccc3c(c2CC[C@H]1NO)OCO3. The van der Waals surface area contributed by atoms with Gasteiger partial charge in [0.1, 0.15) is 0 Å². The lowest BCUT2D eigenvalue weighted by Gasteiger charge is -2.31. The van der Waals surface area contributed by atoms with Gasteiger partial charge in [-0.2, -0.15) is 0 Å². The zero-order valence-corrected chi connectivity index (χ0v) is 10.5. The highest BCUT2D eigenvalue weighted by Crippen LogP contribution is 2.44. The lowest BCUT2D eigenvalue weighted by molar-refractivity contribution is -0.144. The number of nitrogens with one attached hydrogen (secondary N) is 1. The Hall–Kier alpha value is -1.79. The van der Waals surface area contributed by atoms with Gasteiger partial charge < -0.3 is 19.4 Å². The number of rotatable bonds is 2. The summed E-state index contributed by atoms with van der Waals surface area (Å²) >= 11 is 0. The number of ether oxygens (including phenoxy) is 3. The van der Waals surface area contributed by atoms with Gasteiger partial charge in [-0.05, 0) is 24.5 Å². The summed E-state index contributed by atoms with van der Waals surface area (Å²) in [7, 11) is 1.35. The van der Waals surface area contributed by atoms with Crippen LogP contribution in [-0.2, 0) is 16.0 Å². The number of benzene rings is 1. The van der Waals surface area contributed by atoms with E-state index in [-0.39, 0.29) is 18.8 Å². The van der Waals surface area contributed by atoms with E-state index in [2.05, 4.69) is 5.48 Å². The Morgan fingerprint density at radius 2 is 2.32 bits per heavy atom. The van der Waals surface area contributed by atoms with Crippen molar-refractivity contribution in [1.29, 1.82) is 0 Å². The van der Waals surface area contributed by atoms with Gasteiger partial charge in [0.05, 0.1) is 13.0 Å². The molecule has 1 heterocycles. The van der Waals surface area contributed by atoms with Crippen LogP contribution < -0.4 is 15.0 Å². The van der Waals surface area contributed by atoms with Gasteiger partial charge in [-0.25, -0.2) is 5.48 Å². The van der Waals surface area contributed by atoms with Gasteiger partial charge in [-0.15, -0.1) is 0 Å². The maximum Gasteiger partial charge on any atom is 0.314 e. The molecule has 0 saturated carbocycles. The van der Waals surface area contributed by atoms with E-state index in [1.807, 2.05) is 6.07 Å². The second-order valence-corrected chi connectivity index (χ2v) is 4.64. The van der Waals surface area contributed by atoms with Crippen molar-refractivity contribution in [2.45, 2.75) is 24.8 Å². The summed E-state index contributed by atoms with van der Waals surface area (Å²) in [5.74, 6) is 0.514. The van der Waals surface area contributed by atoms with Crippen LogP contribution in [0.4, 0.5) is 0 Å². The molecular weight excluding hydrogens is 250 g/mol. The van der Waals surface area contributed by atoms with Crippen molar-refractivity contribution >= 4 is 5.97 Å². The molecule has 1 unspecified atom stereocenters. The van der Waals surface area contributed by atoms with Crippen molar-refractivity contribution in [2.24, 2.45) is 0 Å². The van der Waals surface area contributed by atoms with Crippen LogP contribution in [-0.4, -0.2) is 31.1 Å². The normalized spacial score (nSPS) is 23.9. The minimum Gasteiger partial charge on any atom is -0.469 e. The summed E-state index contributed by atoms with van der Waals surface area (Å²) in [5.41, 5.74) is 4.00. The van der Waals surface area contributed by atoms with Gasteiger partial charge in [0.25, 0.3) is 0 Å². The third kappa shape index (κ3) is 1.84. The second-order valence-electron chi connectivity index (χ2n) is 4.64. The number of carbonyl (C=O) groups excluding carboxylic acids is 1. The van der Waals surface area contributed by atoms with Gasteiger partial charge in [-0.1, -0.05) is 6.07 Å². The van der Waals surface area contributed by atoms with Crippen LogP contribution in [0.5, 0.6) is 11.5 Å². The molecule has 3 rings (SSSR count). The van der Waals surface area contributed by atoms with Crippen LogP contribution in [0.25, 0.3) is 0 Å². The number of esters is 1. The van der Waals surface area contributed by atoms with Crippen molar-refractivity contribution < 1.29 is 24.2 Å². The largest absolute Gasteiger partial charge is 0.469 e. The van der Waals surface area contributed by atoms with Gasteiger partial charge in [0.2, 0.25) is 6.79 Å². The standard InChI is InChI=1S/C13H15NO5/c1-17-13(15)11-7-3-5-10-12(19-6-18-10)8(7)2-4-9(11)14-16/h3,5,9,11,14,16H,2,4,6H2,1H3/t9-,11?/m1/s1. The molecule has 0 saturated heterocycles. The van der Waals surface area contributed by atoms with Crippen LogP contribution in [0, 0.1) is 0 Å². The molecule has 0 bridgehead atoms. The van der Waals surface area contributed by atoms with Crippen LogP contribution >= 0.6 is 0 Å². The van der Waals surface area contributed by atoms with Crippen LogP contribution in [0.1, 0.15) is 23.5 Å². The van der Waals surface area contributed by atoms with Crippen molar-refractivity contribution in [3.8, 4) is 11.5 Å². The van der Waals surface area contributed by atoms with Crippen LogP contribution in [0.2, 0.25) is 0 Å². The van der Waals surface area contributed by atoms with Crippen molar-refractivity contribution in [1.82, 2.24) is 5.48 Å². The fraction of sp³-hybridized carbons (Fsp3) is 0.462. The van der Waals surface area contributed by atoms with Crippen molar-refractivity contribution in [2.75, 3.05) is 13.9 Å². The van der Waals surface area contributed by atoms with E-state index >= 15 is 0 Å². The average Bonchev–Trinajstić information content (AvgIpc) is 2.93. The summed E-state index contributed by atoms with van der Waals surface area (Å²) in [6.07, 6.45) is 1.34. The monoisotopic (exact) mass is 265 g/mol. The van der Waals surface area contributed by atoms with E-state index < -0.39 is 5.92 Å². The van der Waals surface area contributed by atoms with E-state index in [1.54, 1.807) is 6.07 Å². The zero-order chi connectivity index (χ0) is 13.4. The van der Waals surface area contributed by atoms with Crippen LogP contribution in [0.15, 0.2) is 12.1 Å². The fourth-order valence-electron chi connectivity index (χ4n) is 2.84. The first-order valence-corrected chi connectivity index (χ1v) is 6.15. The van der Waals surface area contributed by atoms with Gasteiger partial charge in [0.15, 0.2) is 11.5 Å². The molecular formula is C13H15NO5. The predicted molar refractivity (Wildman–Crippen MR) is 64.4 cm³/mol. The highest BCUT2D eigenvalue weighted by atomic mass is 16.7. The third-order valence-electron chi connectivity index (χ3n) is 3.74. The molecule has 0 aromatic heterocycles. The van der Waals surface area contributed by atoms with Crippen molar-refractivity contribution in [3.63, 3.8) is 0 Å². The third-order valence-corrected chi connectivity index (χ3v) is 3.74. The smallest absolute Gasteiger partial charge is 0.314 e. The Bertz CT molecular complexity index is 516. The first kappa shape index (κ1) is 12.3. The highest BCUT2D eigenvalue weighted by molar-refractivity contribution is 5.81. The molecule has 6 heteroatoms. The fourth-order valence-corrected chi connectivity index (χ4v) is 2.84. The summed E-state index contributed by atoms with van der Waals surface area (Å²) < 4.78 is 15.6. The van der Waals surface area contributed by atoms with Gasteiger partial charge in [0, 0.05) is 11.6 Å². The van der Waals surface area contributed by atoms with E-state index in [0.29, 0.717) is 24.3 Å². The van der Waals surface area contributed by atoms with Crippen LogP contribution in [0.3, 0.4) is 0 Å². The molecule has 0 amide bonds. The Labute approximate surface area is 110 Å². The lowest BCUT2D eigenvalue weighted by atomic mass is 9.79. The van der Waals surface area contributed by atoms with E-state index in [4.69, 9.17) is 14.2 Å². The minimum absolute atomic E-state index is 0.205. The molecule has 2 aliphatic rings. The number of fused-ring (bicyclic) bond motifs is 3. The summed E-state index contributed by atoms with van der Waals surface area (Å²) in [6, 6.07) is 3.28. The molecule has 1 aromatic rings. The Morgan fingerprint density at radius 3 is 3.05 bits per heavy atom. The first-order chi connectivity index (χ1) is 9.26. The van der Waals surface area contributed by atoms with Crippen molar-refractivity contribution in [3.05, 3.63) is 23.3 Å². The van der Waals surface area contributed by atoms with Gasteiger partial charge in [-0.3, -0.25) is 4.79 Å². The maximum atomic E-state index is 12.0. The van der Waals surface area contributed by atoms with E-state index in [1.165, 1.54) is 7.11 Å². The first-order valence-electron chi connectivity index (χ1n) is 6.15. The number of carbonyl (C=O) groups is 1. The Kier molecular flexibility index (Phi) is 3.04. The molecule has 1 aliphatic heterocycles. The highest BCUT2D eigenvalue weighted by Gasteiger charge is 2.38. The molecule has 6 nitrogen and oxygen atoms in total. The molecule has 19 heavy (non-hydrogen) atoms. The molecule has 2 N–H and O–H groups in total. The molecule has 0 radical (unpaired) electrons. The van der Waals surface area contributed by atoms with E-state index in [9.17, 15) is 10.0 Å². The summed E-state index contributed by atoms with van der Waals surface area (Å²) in [4.78, 5) is 12.0. The van der Waals surface area contributed by atoms with Gasteiger partial charge >= 0.3 is 5.97 Å². The number of hydrogen-bond acceptors (Lipinski definition) is 6. The topological polar surface area (TPSA) is 77.0 Å². The summed E-state index contributed by atoms with van der Waals surface area (Å²) in [5, 5.41) is 9.21. The predicted octanol–water partition coefficient (Wildman–Crippen LogP) is 0.965. The number of hydrogen-bond donors (Lipinski definition) is 2. The second kappa shape index (κ2) is 4.71. The molecule has 0 fully saturated rings. The molecule has 1 aliphatic carbocycles. The number of methoxy groups -OCH3 is 1. The minimum atomic E-state index is -0.534. The molecule has 2 atom stereocenters. The zero-order valence-electron chi connectivity index (χ0n) is 10.5. The molecule has 102 valence electrons. The lowest BCUT2D eigenvalue weighted by Crippen LogP contribution is -2.40. The van der Waals surface area contributed by atoms with E-state index in [0.717, 1.165) is 11.1 Å². The summed E-state index contributed by atoms with van der Waals surface area (Å²) in [6.45, 7) is 0.205.